The van der Waals surface area contributed by atoms with Crippen LogP contribution in [-0.4, -0.2) is 9.19 Å². The van der Waals surface area contributed by atoms with Gasteiger partial charge in [-0.05, 0) is 25.5 Å². The van der Waals surface area contributed by atoms with Gasteiger partial charge in [-0.2, -0.15) is 9.19 Å². The van der Waals surface area contributed by atoms with E-state index in [1.54, 1.807) is 9.12 Å². The molecule has 0 bridgehead atoms. The van der Waals surface area contributed by atoms with Crippen molar-refractivity contribution in [2.45, 2.75) is 13.8 Å². The lowest BCUT2D eigenvalue weighted by Gasteiger charge is -2.01. The fraction of sp³-hybridized carbons (Fsp3) is 0.222. The summed E-state index contributed by atoms with van der Waals surface area (Å²) < 4.78 is 1.95. The second-order valence-corrected chi connectivity index (χ2v) is 4.77. The Kier molecular flexibility index (Phi) is 2.51. The fourth-order valence-corrected chi connectivity index (χ4v) is 2.87. The SMILES string of the molecule is Cc1cc(C)c2c(cnn2SI)c1. The Hall–Kier alpha value is -0.230. The highest BCUT2D eigenvalue weighted by Crippen LogP contribution is 2.26. The summed E-state index contributed by atoms with van der Waals surface area (Å²) in [5.41, 5.74) is 3.81. The molecule has 1 heterocycles. The average molecular weight is 304 g/mol. The van der Waals surface area contributed by atoms with Crippen LogP contribution in [0.2, 0.25) is 0 Å². The van der Waals surface area contributed by atoms with Gasteiger partial charge >= 0.3 is 0 Å². The Morgan fingerprint density at radius 2 is 2.15 bits per heavy atom. The molecule has 13 heavy (non-hydrogen) atoms. The molecule has 0 saturated heterocycles. The number of aromatic nitrogens is 2. The maximum Gasteiger partial charge on any atom is 0.0849 e. The van der Waals surface area contributed by atoms with Gasteiger partial charge in [0.1, 0.15) is 0 Å². The van der Waals surface area contributed by atoms with Gasteiger partial charge in [0.2, 0.25) is 0 Å². The zero-order valence-corrected chi connectivity index (χ0v) is 10.4. The van der Waals surface area contributed by atoms with Crippen LogP contribution in [0.5, 0.6) is 0 Å². The van der Waals surface area contributed by atoms with E-state index in [1.165, 1.54) is 22.0 Å². The minimum Gasteiger partial charge on any atom is -0.196 e. The third kappa shape index (κ3) is 1.57. The van der Waals surface area contributed by atoms with Crippen molar-refractivity contribution in [3.8, 4) is 0 Å². The zero-order chi connectivity index (χ0) is 9.42. The highest BCUT2D eigenvalue weighted by Gasteiger charge is 2.05. The van der Waals surface area contributed by atoms with Gasteiger partial charge in [0.05, 0.1) is 11.7 Å². The molecule has 4 heteroatoms. The lowest BCUT2D eigenvalue weighted by molar-refractivity contribution is 1.04. The third-order valence-corrected chi connectivity index (χ3v) is 3.56. The molecule has 0 fully saturated rings. The molecule has 0 aliphatic rings. The van der Waals surface area contributed by atoms with Crippen LogP contribution in [0.15, 0.2) is 18.3 Å². The lowest BCUT2D eigenvalue weighted by Crippen LogP contribution is -1.87. The monoisotopic (exact) mass is 304 g/mol. The van der Waals surface area contributed by atoms with Crippen molar-refractivity contribution in [1.82, 2.24) is 9.19 Å². The van der Waals surface area contributed by atoms with Gasteiger partial charge in [-0.1, -0.05) is 11.6 Å². The number of hydrogen-bond acceptors (Lipinski definition) is 2. The third-order valence-electron chi connectivity index (χ3n) is 2.03. The van der Waals surface area contributed by atoms with Crippen molar-refractivity contribution >= 4 is 41.2 Å². The van der Waals surface area contributed by atoms with Crippen molar-refractivity contribution in [3.05, 3.63) is 29.5 Å². The summed E-state index contributed by atoms with van der Waals surface area (Å²) in [6.45, 7) is 4.24. The van der Waals surface area contributed by atoms with Crippen LogP contribution in [0, 0.1) is 13.8 Å². The summed E-state index contributed by atoms with van der Waals surface area (Å²) in [5.74, 6) is 0. The quantitative estimate of drug-likeness (QED) is 0.751. The van der Waals surface area contributed by atoms with Gasteiger partial charge in [0.15, 0.2) is 0 Å². The molecule has 2 rings (SSSR count). The van der Waals surface area contributed by atoms with E-state index in [0.29, 0.717) is 0 Å². The largest absolute Gasteiger partial charge is 0.196 e. The number of hydrogen-bond donors (Lipinski definition) is 0. The molecule has 1 aromatic heterocycles. The molecule has 0 atom stereocenters. The minimum absolute atomic E-state index is 1.22. The number of nitrogens with zero attached hydrogens (tertiary/aromatic N) is 2. The minimum atomic E-state index is 1.22. The van der Waals surface area contributed by atoms with Crippen LogP contribution < -0.4 is 0 Å². The molecule has 0 aliphatic carbocycles. The van der Waals surface area contributed by atoms with Gasteiger partial charge in [-0.15, -0.1) is 0 Å². The van der Waals surface area contributed by atoms with E-state index in [9.17, 15) is 0 Å². The van der Waals surface area contributed by atoms with Crippen LogP contribution in [0.1, 0.15) is 11.1 Å². The maximum atomic E-state index is 4.29. The molecular formula is C9H9IN2S. The van der Waals surface area contributed by atoms with Crippen molar-refractivity contribution in [2.75, 3.05) is 0 Å². The molecule has 0 spiro atoms. The van der Waals surface area contributed by atoms with Crippen LogP contribution in [0.25, 0.3) is 10.9 Å². The number of fused-ring (bicyclic) bond motifs is 1. The number of aryl methyl sites for hydroxylation is 2. The van der Waals surface area contributed by atoms with E-state index in [0.717, 1.165) is 0 Å². The Balaban J connectivity index is 2.82. The number of benzene rings is 1. The number of rotatable bonds is 1. The van der Waals surface area contributed by atoms with Gasteiger partial charge in [0, 0.05) is 35.7 Å². The Labute approximate surface area is 93.4 Å². The molecule has 0 N–H and O–H groups in total. The summed E-state index contributed by atoms with van der Waals surface area (Å²) in [6.07, 6.45) is 1.92. The molecule has 0 radical (unpaired) electrons. The van der Waals surface area contributed by atoms with Crippen LogP contribution in [-0.2, 0) is 0 Å². The molecule has 2 aromatic rings. The van der Waals surface area contributed by atoms with Gasteiger partial charge in [-0.25, -0.2) is 0 Å². The standard InChI is InChI=1S/C9H9IN2S/c1-6-3-7(2)9-8(4-6)5-11-12(9)13-10/h3-5H,1-2H3. The summed E-state index contributed by atoms with van der Waals surface area (Å²) >= 11 is 2.24. The van der Waals surface area contributed by atoms with E-state index >= 15 is 0 Å². The topological polar surface area (TPSA) is 17.8 Å². The highest BCUT2D eigenvalue weighted by atomic mass is 127. The van der Waals surface area contributed by atoms with Crippen LogP contribution in [0.4, 0.5) is 0 Å². The molecular weight excluding hydrogens is 295 g/mol. The van der Waals surface area contributed by atoms with Crippen LogP contribution >= 0.6 is 30.3 Å². The molecule has 2 nitrogen and oxygen atoms in total. The number of halogens is 1. The van der Waals surface area contributed by atoms with Crippen molar-refractivity contribution < 1.29 is 0 Å². The summed E-state index contributed by atoms with van der Waals surface area (Å²) in [4.78, 5) is 0. The lowest BCUT2D eigenvalue weighted by atomic mass is 10.1. The summed E-state index contributed by atoms with van der Waals surface area (Å²) in [6, 6.07) is 4.35. The summed E-state index contributed by atoms with van der Waals surface area (Å²) in [5, 5.41) is 5.51. The van der Waals surface area contributed by atoms with Gasteiger partial charge < -0.3 is 0 Å². The first-order chi connectivity index (χ1) is 6.22. The average Bonchev–Trinajstić information content (AvgIpc) is 2.47. The van der Waals surface area contributed by atoms with Crippen molar-refractivity contribution in [3.63, 3.8) is 0 Å². The molecule has 0 amide bonds. The fourth-order valence-electron chi connectivity index (χ4n) is 1.58. The normalized spacial score (nSPS) is 11.0. The Bertz CT molecular complexity index is 450. The van der Waals surface area contributed by atoms with Gasteiger partial charge in [-0.3, -0.25) is 0 Å². The van der Waals surface area contributed by atoms with E-state index in [1.807, 2.05) is 10.3 Å². The predicted octanol–water partition coefficient (Wildman–Crippen LogP) is 3.50. The summed E-state index contributed by atoms with van der Waals surface area (Å²) in [7, 11) is 1.60. The predicted molar refractivity (Wildman–Crippen MR) is 66.2 cm³/mol. The van der Waals surface area contributed by atoms with E-state index < -0.39 is 0 Å². The Morgan fingerprint density at radius 3 is 2.85 bits per heavy atom. The first-order valence-electron chi connectivity index (χ1n) is 3.96. The first-order valence-corrected chi connectivity index (χ1v) is 7.28. The first kappa shape index (κ1) is 9.33. The molecule has 0 aliphatic heterocycles. The zero-order valence-electron chi connectivity index (χ0n) is 7.41. The highest BCUT2D eigenvalue weighted by molar-refractivity contribution is 14.2. The molecule has 0 unspecified atom stereocenters. The second-order valence-electron chi connectivity index (χ2n) is 3.11. The Morgan fingerprint density at radius 1 is 1.38 bits per heavy atom. The smallest absolute Gasteiger partial charge is 0.0849 e. The maximum absolute atomic E-state index is 4.29. The molecule has 68 valence electrons. The molecule has 0 saturated carbocycles. The van der Waals surface area contributed by atoms with Crippen molar-refractivity contribution in [2.24, 2.45) is 0 Å². The second kappa shape index (κ2) is 3.49. The van der Waals surface area contributed by atoms with E-state index in [-0.39, 0.29) is 0 Å². The van der Waals surface area contributed by atoms with E-state index in [2.05, 4.69) is 52.3 Å². The van der Waals surface area contributed by atoms with E-state index in [4.69, 9.17) is 0 Å². The molecule has 1 aromatic carbocycles. The van der Waals surface area contributed by atoms with Crippen molar-refractivity contribution in [1.29, 1.82) is 0 Å². The van der Waals surface area contributed by atoms with Crippen LogP contribution in [0.3, 0.4) is 0 Å². The van der Waals surface area contributed by atoms with Gasteiger partial charge in [0.25, 0.3) is 0 Å².